The molecule has 1 aromatic rings. The van der Waals surface area contributed by atoms with E-state index in [9.17, 15) is 0 Å². The summed E-state index contributed by atoms with van der Waals surface area (Å²) in [7, 11) is 1.61. The third-order valence-electron chi connectivity index (χ3n) is 1.28. The van der Waals surface area contributed by atoms with Gasteiger partial charge in [-0.1, -0.05) is 24.8 Å². The van der Waals surface area contributed by atoms with Crippen LogP contribution >= 0.6 is 0 Å². The Labute approximate surface area is 61.0 Å². The third kappa shape index (κ3) is 1.38. The minimum atomic E-state index is 0.678. The van der Waals surface area contributed by atoms with Crippen molar-refractivity contribution in [3.63, 3.8) is 0 Å². The maximum atomic E-state index is 4.92. The predicted octanol–water partition coefficient (Wildman–Crippen LogP) is 2.10. The van der Waals surface area contributed by atoms with Crippen LogP contribution in [0.3, 0.4) is 0 Å². The summed E-state index contributed by atoms with van der Waals surface area (Å²) in [6, 6.07) is 10.4. The number of hydrogen-bond donors (Lipinski definition) is 0. The molecule has 51 valence electrons. The van der Waals surface area contributed by atoms with E-state index in [0.29, 0.717) is 5.76 Å². The van der Waals surface area contributed by atoms with Crippen LogP contribution in [0, 0.1) is 6.07 Å². The van der Waals surface area contributed by atoms with Crippen molar-refractivity contribution in [2.24, 2.45) is 0 Å². The molecule has 0 N–H and O–H groups in total. The number of ether oxygens (including phenoxy) is 1. The Hall–Kier alpha value is -1.24. The smallest absolute Gasteiger partial charge is 0.118 e. The molecule has 0 spiro atoms. The molecule has 0 aliphatic rings. The highest BCUT2D eigenvalue weighted by molar-refractivity contribution is 5.56. The monoisotopic (exact) mass is 133 g/mol. The van der Waals surface area contributed by atoms with Crippen LogP contribution in [0.15, 0.2) is 30.8 Å². The van der Waals surface area contributed by atoms with Crippen LogP contribution in [0.2, 0.25) is 0 Å². The van der Waals surface area contributed by atoms with E-state index in [2.05, 4.69) is 12.6 Å². The highest BCUT2D eigenvalue weighted by atomic mass is 16.5. The highest BCUT2D eigenvalue weighted by Crippen LogP contribution is 2.10. The minimum absolute atomic E-state index is 0.678. The Bertz CT molecular complexity index is 213. The second kappa shape index (κ2) is 3.06. The van der Waals surface area contributed by atoms with Crippen molar-refractivity contribution in [1.29, 1.82) is 0 Å². The zero-order chi connectivity index (χ0) is 7.40. The summed E-state index contributed by atoms with van der Waals surface area (Å²) >= 11 is 0. The van der Waals surface area contributed by atoms with Gasteiger partial charge in [0.2, 0.25) is 0 Å². The number of methoxy groups -OCH3 is 1. The second-order valence-corrected chi connectivity index (χ2v) is 1.92. The molecule has 0 aliphatic heterocycles. The van der Waals surface area contributed by atoms with Gasteiger partial charge in [-0.2, -0.15) is 0 Å². The van der Waals surface area contributed by atoms with Gasteiger partial charge in [-0.25, -0.2) is 0 Å². The van der Waals surface area contributed by atoms with Crippen molar-refractivity contribution in [2.75, 3.05) is 7.11 Å². The summed E-state index contributed by atoms with van der Waals surface area (Å²) in [6.07, 6.45) is 0. The average Bonchev–Trinajstić information content (AvgIpc) is 2.05. The fourth-order valence-electron chi connectivity index (χ4n) is 0.685. The molecule has 10 heavy (non-hydrogen) atoms. The van der Waals surface area contributed by atoms with Gasteiger partial charge in [0.05, 0.1) is 7.11 Å². The molecule has 1 nitrogen and oxygen atoms in total. The first kappa shape index (κ1) is 6.87. The predicted molar refractivity (Wildman–Crippen MR) is 41.3 cm³/mol. The molecule has 1 radical (unpaired) electrons. The van der Waals surface area contributed by atoms with Crippen molar-refractivity contribution >= 4 is 5.76 Å². The largest absolute Gasteiger partial charge is 0.497 e. The summed E-state index contributed by atoms with van der Waals surface area (Å²) in [5.41, 5.74) is 0.977. The normalized spacial score (nSPS) is 8.90. The Kier molecular flexibility index (Phi) is 2.11. The molecule has 1 rings (SSSR count). The van der Waals surface area contributed by atoms with Crippen LogP contribution in [0.1, 0.15) is 5.56 Å². The van der Waals surface area contributed by atoms with Crippen LogP contribution in [0.4, 0.5) is 0 Å². The Morgan fingerprint density at radius 1 is 1.70 bits per heavy atom. The summed E-state index contributed by atoms with van der Waals surface area (Å²) in [5.74, 6) is 0.678. The van der Waals surface area contributed by atoms with Gasteiger partial charge >= 0.3 is 0 Å². The fourth-order valence-corrected chi connectivity index (χ4v) is 0.685. The first-order valence-electron chi connectivity index (χ1n) is 3.04. The van der Waals surface area contributed by atoms with Gasteiger partial charge in [0.15, 0.2) is 0 Å². The molecule has 1 aromatic carbocycles. The van der Waals surface area contributed by atoms with E-state index in [1.54, 1.807) is 7.11 Å². The van der Waals surface area contributed by atoms with Gasteiger partial charge < -0.3 is 4.74 Å². The lowest BCUT2D eigenvalue weighted by Gasteiger charge is -2.01. The summed E-state index contributed by atoms with van der Waals surface area (Å²) in [6.45, 7) is 3.70. The van der Waals surface area contributed by atoms with E-state index in [4.69, 9.17) is 4.74 Å². The fraction of sp³-hybridized carbons (Fsp3) is 0.111. The molecule has 0 atom stereocenters. The molecule has 0 aliphatic carbocycles. The molecule has 0 saturated carbocycles. The first-order valence-corrected chi connectivity index (χ1v) is 3.04. The van der Waals surface area contributed by atoms with E-state index in [-0.39, 0.29) is 0 Å². The lowest BCUT2D eigenvalue weighted by Crippen LogP contribution is -1.82. The SMILES string of the molecule is C=C(OC)c1c[c]ccc1. The Morgan fingerprint density at radius 2 is 2.50 bits per heavy atom. The van der Waals surface area contributed by atoms with Gasteiger partial charge in [-0.05, 0) is 12.1 Å². The molecule has 0 aromatic heterocycles. The molecule has 0 bridgehead atoms. The zero-order valence-corrected chi connectivity index (χ0v) is 5.92. The number of benzene rings is 1. The van der Waals surface area contributed by atoms with Crippen molar-refractivity contribution in [3.8, 4) is 0 Å². The van der Waals surface area contributed by atoms with Crippen molar-refractivity contribution < 1.29 is 4.74 Å². The van der Waals surface area contributed by atoms with Crippen LogP contribution in [0.5, 0.6) is 0 Å². The van der Waals surface area contributed by atoms with E-state index in [1.165, 1.54) is 0 Å². The van der Waals surface area contributed by atoms with Gasteiger partial charge in [0.1, 0.15) is 5.76 Å². The molecule has 0 amide bonds. The second-order valence-electron chi connectivity index (χ2n) is 1.92. The van der Waals surface area contributed by atoms with Gasteiger partial charge in [0, 0.05) is 5.56 Å². The summed E-state index contributed by atoms with van der Waals surface area (Å²) in [5, 5.41) is 0. The lowest BCUT2D eigenvalue weighted by atomic mass is 10.2. The Balaban J connectivity index is 2.85. The Morgan fingerprint density at radius 3 is 3.00 bits per heavy atom. The third-order valence-corrected chi connectivity index (χ3v) is 1.28. The van der Waals surface area contributed by atoms with Gasteiger partial charge in [0.25, 0.3) is 0 Å². The molecule has 0 heterocycles. The minimum Gasteiger partial charge on any atom is -0.497 e. The molecule has 0 fully saturated rings. The maximum absolute atomic E-state index is 4.92. The standard InChI is InChI=1S/C9H9O/c1-8(10-2)9-6-4-3-5-7-9/h3-4,6-7H,1H2,2H3. The quantitative estimate of drug-likeness (QED) is 0.561. The van der Waals surface area contributed by atoms with Gasteiger partial charge in [-0.3, -0.25) is 0 Å². The van der Waals surface area contributed by atoms with Crippen LogP contribution < -0.4 is 0 Å². The first-order chi connectivity index (χ1) is 4.84. The van der Waals surface area contributed by atoms with Crippen LogP contribution in [0.25, 0.3) is 5.76 Å². The van der Waals surface area contributed by atoms with E-state index in [0.717, 1.165) is 5.56 Å². The average molecular weight is 133 g/mol. The van der Waals surface area contributed by atoms with Crippen LogP contribution in [-0.4, -0.2) is 7.11 Å². The zero-order valence-electron chi connectivity index (χ0n) is 5.92. The van der Waals surface area contributed by atoms with E-state index < -0.39 is 0 Å². The molecular formula is C9H9O. The molecule has 1 heteroatoms. The highest BCUT2D eigenvalue weighted by Gasteiger charge is 1.93. The van der Waals surface area contributed by atoms with Crippen LogP contribution in [-0.2, 0) is 4.74 Å². The molecule has 0 saturated heterocycles. The topological polar surface area (TPSA) is 9.23 Å². The van der Waals surface area contributed by atoms with Crippen molar-refractivity contribution in [2.45, 2.75) is 0 Å². The number of rotatable bonds is 2. The molecule has 0 unspecified atom stereocenters. The maximum Gasteiger partial charge on any atom is 0.118 e. The number of hydrogen-bond acceptors (Lipinski definition) is 1. The van der Waals surface area contributed by atoms with Gasteiger partial charge in [-0.15, -0.1) is 0 Å². The van der Waals surface area contributed by atoms with E-state index >= 15 is 0 Å². The molecular weight excluding hydrogens is 124 g/mol. The van der Waals surface area contributed by atoms with E-state index in [1.807, 2.05) is 24.3 Å². The van der Waals surface area contributed by atoms with Crippen molar-refractivity contribution in [1.82, 2.24) is 0 Å². The lowest BCUT2D eigenvalue weighted by molar-refractivity contribution is 0.371. The summed E-state index contributed by atoms with van der Waals surface area (Å²) < 4.78 is 4.92. The van der Waals surface area contributed by atoms with Crippen molar-refractivity contribution in [3.05, 3.63) is 42.5 Å². The summed E-state index contributed by atoms with van der Waals surface area (Å²) in [4.78, 5) is 0.